The fourth-order valence-electron chi connectivity index (χ4n) is 3.50. The van der Waals surface area contributed by atoms with E-state index in [1.165, 1.54) is 6.07 Å². The number of carboxylic acids is 2. The zero-order valence-corrected chi connectivity index (χ0v) is 17.8. The monoisotopic (exact) mass is 456 g/mol. The van der Waals surface area contributed by atoms with Gasteiger partial charge in [0.2, 0.25) is 0 Å². The largest absolute Gasteiger partial charge is 0.478 e. The van der Waals surface area contributed by atoms with E-state index in [2.05, 4.69) is 22.3 Å². The summed E-state index contributed by atoms with van der Waals surface area (Å²) >= 11 is 0. The maximum Gasteiger partial charge on any atom is 0.328 e. The van der Waals surface area contributed by atoms with E-state index in [-0.39, 0.29) is 11.9 Å². The highest BCUT2D eigenvalue weighted by Gasteiger charge is 2.25. The molecule has 1 fully saturated rings. The molecule has 174 valence electrons. The Morgan fingerprint density at radius 2 is 1.88 bits per heavy atom. The zero-order valence-electron chi connectivity index (χ0n) is 17.8. The summed E-state index contributed by atoms with van der Waals surface area (Å²) < 4.78 is 25.6. The van der Waals surface area contributed by atoms with Crippen molar-refractivity contribution < 1.29 is 33.3 Å². The smallest absolute Gasteiger partial charge is 0.328 e. The Bertz CT molecular complexity index is 1080. The van der Waals surface area contributed by atoms with Crippen LogP contribution in [0.5, 0.6) is 0 Å². The number of furan rings is 1. The number of nitrogens with zero attached hydrogens (tertiary/aromatic N) is 1. The van der Waals surface area contributed by atoms with E-state index in [0.717, 1.165) is 41.9 Å². The van der Waals surface area contributed by atoms with Crippen LogP contribution in [-0.2, 0) is 20.9 Å². The fourth-order valence-corrected chi connectivity index (χ4v) is 3.50. The van der Waals surface area contributed by atoms with E-state index in [1.54, 1.807) is 18.4 Å². The molecule has 3 N–H and O–H groups in total. The van der Waals surface area contributed by atoms with Crippen molar-refractivity contribution in [3.05, 3.63) is 78.3 Å². The molecule has 2 aromatic carbocycles. The van der Waals surface area contributed by atoms with Gasteiger partial charge in [-0.2, -0.15) is 0 Å². The number of hydrogen-bond donors (Lipinski definition) is 3. The van der Waals surface area contributed by atoms with Gasteiger partial charge in [-0.05, 0) is 17.7 Å². The number of rotatable bonds is 7. The molecule has 1 atom stereocenters. The Morgan fingerprint density at radius 1 is 1.15 bits per heavy atom. The van der Waals surface area contributed by atoms with Gasteiger partial charge in [0, 0.05) is 43.2 Å². The number of aliphatic carboxylic acids is 2. The van der Waals surface area contributed by atoms with Crippen molar-refractivity contribution >= 4 is 28.6 Å². The Kier molecular flexibility index (Phi) is 8.56. The molecule has 1 aromatic heterocycles. The highest BCUT2D eigenvalue weighted by atomic mass is 19.1. The number of piperazine rings is 1. The lowest BCUT2D eigenvalue weighted by Crippen LogP contribution is -2.53. The molecular weight excluding hydrogens is 431 g/mol. The van der Waals surface area contributed by atoms with Gasteiger partial charge in [0.1, 0.15) is 5.82 Å². The topological polar surface area (TPSA) is 112 Å². The van der Waals surface area contributed by atoms with Gasteiger partial charge in [-0.15, -0.1) is 0 Å². The Labute approximate surface area is 189 Å². The van der Waals surface area contributed by atoms with Gasteiger partial charge in [-0.25, -0.2) is 14.0 Å². The van der Waals surface area contributed by atoms with E-state index >= 15 is 0 Å². The summed E-state index contributed by atoms with van der Waals surface area (Å²) in [5, 5.41) is 19.8. The predicted molar refractivity (Wildman–Crippen MR) is 121 cm³/mol. The molecule has 9 heteroatoms. The van der Waals surface area contributed by atoms with Crippen molar-refractivity contribution in [3.63, 3.8) is 0 Å². The molecule has 8 nitrogen and oxygen atoms in total. The summed E-state index contributed by atoms with van der Waals surface area (Å²) in [4.78, 5) is 21.3. The second-order valence-corrected chi connectivity index (χ2v) is 7.33. The normalized spacial score (nSPS) is 15.9. The van der Waals surface area contributed by atoms with Crippen LogP contribution in [0.25, 0.3) is 11.0 Å². The van der Waals surface area contributed by atoms with Gasteiger partial charge in [0.15, 0.2) is 5.58 Å². The van der Waals surface area contributed by atoms with Crippen molar-refractivity contribution in [2.24, 2.45) is 0 Å². The maximum absolute atomic E-state index is 14.0. The number of carboxylic acid groups (broad SMARTS) is 2. The van der Waals surface area contributed by atoms with Crippen LogP contribution in [0.1, 0.15) is 5.56 Å². The first-order valence-electron chi connectivity index (χ1n) is 10.3. The molecule has 0 saturated carbocycles. The van der Waals surface area contributed by atoms with Crippen LogP contribution >= 0.6 is 0 Å². The Morgan fingerprint density at radius 3 is 2.58 bits per heavy atom. The molecule has 33 heavy (non-hydrogen) atoms. The highest BCUT2D eigenvalue weighted by Crippen LogP contribution is 2.31. The number of fused-ring (bicyclic) bond motifs is 1. The summed E-state index contributed by atoms with van der Waals surface area (Å²) in [7, 11) is 0. The van der Waals surface area contributed by atoms with Crippen molar-refractivity contribution in [2.75, 3.05) is 31.1 Å². The molecule has 0 bridgehead atoms. The van der Waals surface area contributed by atoms with Gasteiger partial charge in [0.25, 0.3) is 0 Å². The van der Waals surface area contributed by atoms with Crippen molar-refractivity contribution in [1.29, 1.82) is 0 Å². The van der Waals surface area contributed by atoms with Gasteiger partial charge in [0.05, 0.1) is 31.2 Å². The highest BCUT2D eigenvalue weighted by molar-refractivity contribution is 5.90. The molecule has 1 aliphatic rings. The third-order valence-corrected chi connectivity index (χ3v) is 4.95. The third kappa shape index (κ3) is 7.16. The van der Waals surface area contributed by atoms with Crippen LogP contribution < -0.4 is 10.2 Å². The summed E-state index contributed by atoms with van der Waals surface area (Å²) in [6.07, 6.45) is 2.72. The summed E-state index contributed by atoms with van der Waals surface area (Å²) in [6.45, 7) is 3.59. The van der Waals surface area contributed by atoms with Crippen LogP contribution in [0.4, 0.5) is 10.1 Å². The molecule has 0 unspecified atom stereocenters. The van der Waals surface area contributed by atoms with E-state index in [0.29, 0.717) is 25.4 Å². The first-order valence-corrected chi connectivity index (χ1v) is 10.3. The lowest BCUT2D eigenvalue weighted by Gasteiger charge is -2.37. The van der Waals surface area contributed by atoms with Gasteiger partial charge >= 0.3 is 11.9 Å². The number of benzene rings is 2. The molecule has 0 aliphatic carbocycles. The molecule has 1 aliphatic heterocycles. The molecule has 1 saturated heterocycles. The van der Waals surface area contributed by atoms with Crippen LogP contribution in [0.2, 0.25) is 0 Å². The van der Waals surface area contributed by atoms with E-state index in [9.17, 15) is 14.0 Å². The van der Waals surface area contributed by atoms with Gasteiger partial charge in [-0.1, -0.05) is 30.3 Å². The lowest BCUT2D eigenvalue weighted by molar-refractivity contribution is -0.134. The van der Waals surface area contributed by atoms with Crippen LogP contribution in [0, 0.1) is 5.82 Å². The average Bonchev–Trinajstić information content (AvgIpc) is 3.27. The second kappa shape index (κ2) is 11.8. The lowest BCUT2D eigenvalue weighted by atomic mass is 10.1. The molecule has 0 amide bonds. The third-order valence-electron chi connectivity index (χ3n) is 4.95. The van der Waals surface area contributed by atoms with E-state index in [1.807, 2.05) is 18.2 Å². The quantitative estimate of drug-likeness (QED) is 0.465. The first-order chi connectivity index (χ1) is 15.9. The summed E-state index contributed by atoms with van der Waals surface area (Å²) in [5.74, 6) is -2.76. The molecular formula is C24H25FN2O6. The second-order valence-electron chi connectivity index (χ2n) is 7.33. The van der Waals surface area contributed by atoms with Crippen molar-refractivity contribution in [1.82, 2.24) is 5.32 Å². The number of anilines is 1. The first kappa shape index (κ1) is 24.0. The minimum atomic E-state index is -1.26. The fraction of sp³-hybridized carbons (Fsp3) is 0.250. The predicted octanol–water partition coefficient (Wildman–Crippen LogP) is 3.28. The molecule has 2 heterocycles. The summed E-state index contributed by atoms with van der Waals surface area (Å²) in [5.41, 5.74) is 2.68. The van der Waals surface area contributed by atoms with Crippen LogP contribution in [0.3, 0.4) is 0 Å². The number of halogens is 1. The van der Waals surface area contributed by atoms with E-state index < -0.39 is 11.9 Å². The standard InChI is InChI=1S/C20H21FN2O2.C4H4O4/c21-17-10-16-6-9-25-20(16)19(11-17)23-8-7-22-12-18(23)14-24-13-15-4-2-1-3-5-15;5-3(6)1-2-4(7)8/h1-6,9-11,18,22H,7-8,12-14H2;1-2H,(H,5,6)(H,7,8)/t18-;/m0./s1. The molecule has 3 aromatic rings. The van der Waals surface area contributed by atoms with Gasteiger partial charge < -0.3 is 29.6 Å². The average molecular weight is 456 g/mol. The van der Waals surface area contributed by atoms with Crippen LogP contribution in [0.15, 0.2) is 71.4 Å². The number of ether oxygens (including phenoxy) is 1. The number of carbonyl (C=O) groups is 2. The Balaban J connectivity index is 0.000000331. The molecule has 0 spiro atoms. The van der Waals surface area contributed by atoms with Crippen molar-refractivity contribution in [3.8, 4) is 0 Å². The Hall–Kier alpha value is -3.69. The zero-order chi connectivity index (χ0) is 23.6. The van der Waals surface area contributed by atoms with Crippen LogP contribution in [-0.4, -0.2) is 54.4 Å². The maximum atomic E-state index is 14.0. The minimum absolute atomic E-state index is 0.132. The molecule has 4 rings (SSSR count). The minimum Gasteiger partial charge on any atom is -0.478 e. The number of hydrogen-bond acceptors (Lipinski definition) is 6. The van der Waals surface area contributed by atoms with Gasteiger partial charge in [-0.3, -0.25) is 0 Å². The summed E-state index contributed by atoms with van der Waals surface area (Å²) in [6, 6.07) is 15.1. The van der Waals surface area contributed by atoms with E-state index in [4.69, 9.17) is 19.4 Å². The molecule has 0 radical (unpaired) electrons. The number of nitrogens with one attached hydrogen (secondary N) is 1. The SMILES string of the molecule is Fc1cc(N2CCNC[C@H]2COCc2ccccc2)c2occc2c1.O=C(O)C=CC(=O)O. The van der Waals surface area contributed by atoms with Crippen molar-refractivity contribution in [2.45, 2.75) is 12.6 Å².